The van der Waals surface area contributed by atoms with Crippen molar-refractivity contribution in [1.82, 2.24) is 0 Å². The summed E-state index contributed by atoms with van der Waals surface area (Å²) in [5.74, 6) is -0.929. The maximum Gasteiger partial charge on any atom is 0.164 e. The molecule has 6 nitrogen and oxygen atoms in total. The summed E-state index contributed by atoms with van der Waals surface area (Å²) >= 11 is 0. The molecular weight excluding hydrogens is 204 g/mol. The number of fused-ring (bicyclic) bond motifs is 1. The summed E-state index contributed by atoms with van der Waals surface area (Å²) in [6.45, 7) is 3.28. The van der Waals surface area contributed by atoms with Crippen LogP contribution in [0.2, 0.25) is 0 Å². The molecule has 2 fully saturated rings. The van der Waals surface area contributed by atoms with E-state index >= 15 is 0 Å². The van der Waals surface area contributed by atoms with Crippen LogP contribution in [0.4, 0.5) is 0 Å². The fraction of sp³-hybridized carbons (Fsp3) is 1.00. The third kappa shape index (κ3) is 1.67. The Morgan fingerprint density at radius 1 is 0.733 bits per heavy atom. The zero-order valence-corrected chi connectivity index (χ0v) is 8.57. The van der Waals surface area contributed by atoms with Gasteiger partial charge in [-0.3, -0.25) is 0 Å². The van der Waals surface area contributed by atoms with Crippen molar-refractivity contribution < 1.29 is 29.9 Å². The van der Waals surface area contributed by atoms with E-state index in [1.807, 2.05) is 0 Å². The van der Waals surface area contributed by atoms with Gasteiger partial charge in [0.15, 0.2) is 5.79 Å². The highest BCUT2D eigenvalue weighted by molar-refractivity contribution is 5.03. The predicted molar refractivity (Wildman–Crippen MR) is 47.9 cm³/mol. The average molecular weight is 220 g/mol. The Hall–Kier alpha value is -0.240. The molecular formula is C9H16O6. The van der Waals surface area contributed by atoms with Crippen LogP contribution in [0, 0.1) is 0 Å². The lowest BCUT2D eigenvalue weighted by atomic mass is 9.85. The van der Waals surface area contributed by atoms with Gasteiger partial charge in [0.2, 0.25) is 0 Å². The van der Waals surface area contributed by atoms with E-state index in [1.54, 1.807) is 13.8 Å². The third-order valence-corrected chi connectivity index (χ3v) is 2.89. The monoisotopic (exact) mass is 220 g/mol. The smallest absolute Gasteiger partial charge is 0.164 e. The van der Waals surface area contributed by atoms with Crippen LogP contribution >= 0.6 is 0 Å². The van der Waals surface area contributed by atoms with Crippen molar-refractivity contribution in [1.29, 1.82) is 0 Å². The highest BCUT2D eigenvalue weighted by Crippen LogP contribution is 2.37. The van der Waals surface area contributed by atoms with Crippen LogP contribution in [0.5, 0.6) is 0 Å². The van der Waals surface area contributed by atoms with E-state index in [4.69, 9.17) is 9.47 Å². The molecule has 1 saturated carbocycles. The first-order valence-corrected chi connectivity index (χ1v) is 4.91. The molecule has 1 heterocycles. The normalized spacial score (nSPS) is 54.0. The van der Waals surface area contributed by atoms with Gasteiger partial charge in [-0.15, -0.1) is 0 Å². The van der Waals surface area contributed by atoms with E-state index in [-0.39, 0.29) is 0 Å². The summed E-state index contributed by atoms with van der Waals surface area (Å²) in [6.07, 6.45) is -6.97. The Morgan fingerprint density at radius 2 is 1.07 bits per heavy atom. The van der Waals surface area contributed by atoms with E-state index < -0.39 is 42.4 Å². The molecule has 0 aromatic rings. The van der Waals surface area contributed by atoms with Gasteiger partial charge in [-0.25, -0.2) is 0 Å². The molecule has 4 N–H and O–H groups in total. The van der Waals surface area contributed by atoms with Crippen molar-refractivity contribution in [2.75, 3.05) is 0 Å². The second-order valence-electron chi connectivity index (χ2n) is 4.53. The Labute approximate surface area is 87.1 Å². The maximum atomic E-state index is 9.64. The number of aliphatic hydroxyl groups excluding tert-OH is 4. The van der Waals surface area contributed by atoms with Crippen LogP contribution in [0.15, 0.2) is 0 Å². The SMILES string of the molecule is CC1(C)O[C@@H]2[C@H](O)[C@@H](O)[C@H](O)[C@@H](O)[C@@H]2O1. The van der Waals surface area contributed by atoms with Crippen molar-refractivity contribution in [3.63, 3.8) is 0 Å². The molecule has 1 aliphatic heterocycles. The van der Waals surface area contributed by atoms with Crippen molar-refractivity contribution in [3.8, 4) is 0 Å². The fourth-order valence-electron chi connectivity index (χ4n) is 2.14. The highest BCUT2D eigenvalue weighted by atomic mass is 16.8. The van der Waals surface area contributed by atoms with Gasteiger partial charge >= 0.3 is 0 Å². The Kier molecular flexibility index (Phi) is 2.53. The molecule has 0 bridgehead atoms. The molecule has 2 rings (SSSR count). The second-order valence-corrected chi connectivity index (χ2v) is 4.53. The van der Waals surface area contributed by atoms with E-state index in [0.29, 0.717) is 0 Å². The largest absolute Gasteiger partial charge is 0.387 e. The number of rotatable bonds is 0. The molecule has 1 saturated heterocycles. The molecule has 0 aromatic heterocycles. The molecule has 15 heavy (non-hydrogen) atoms. The molecule has 0 spiro atoms. The lowest BCUT2D eigenvalue weighted by Crippen LogP contribution is -2.62. The van der Waals surface area contributed by atoms with Crippen LogP contribution in [0.25, 0.3) is 0 Å². The molecule has 2 aliphatic rings. The first kappa shape index (κ1) is 11.3. The van der Waals surface area contributed by atoms with Crippen LogP contribution in [0.3, 0.4) is 0 Å². The van der Waals surface area contributed by atoms with Gasteiger partial charge in [0.1, 0.15) is 36.6 Å². The van der Waals surface area contributed by atoms with Gasteiger partial charge in [-0.2, -0.15) is 0 Å². The van der Waals surface area contributed by atoms with Gasteiger partial charge in [0.25, 0.3) is 0 Å². The summed E-state index contributed by atoms with van der Waals surface area (Å²) in [5.41, 5.74) is 0. The standard InChI is InChI=1S/C9H16O6/c1-9(2)14-7-5(12)3(10)4(11)6(13)8(7)15-9/h3-8,10-13H,1-2H3/t3-,4-,5+,6+,7-,8+/m0/s1. The summed E-state index contributed by atoms with van der Waals surface area (Å²) in [5, 5.41) is 38.2. The number of aliphatic hydroxyl groups is 4. The van der Waals surface area contributed by atoms with Crippen LogP contribution in [-0.4, -0.2) is 62.8 Å². The first-order chi connectivity index (χ1) is 6.83. The minimum atomic E-state index is -1.42. The molecule has 6 heteroatoms. The van der Waals surface area contributed by atoms with Crippen molar-refractivity contribution in [2.45, 2.75) is 56.3 Å². The summed E-state index contributed by atoms with van der Waals surface area (Å²) in [6, 6.07) is 0. The van der Waals surface area contributed by atoms with E-state index in [0.717, 1.165) is 0 Å². The number of ether oxygens (including phenoxy) is 2. The quantitative estimate of drug-likeness (QED) is 0.375. The van der Waals surface area contributed by atoms with Crippen molar-refractivity contribution in [3.05, 3.63) is 0 Å². The van der Waals surface area contributed by atoms with E-state index in [1.165, 1.54) is 0 Å². The van der Waals surface area contributed by atoms with Crippen molar-refractivity contribution in [2.24, 2.45) is 0 Å². The lowest BCUT2D eigenvalue weighted by Gasteiger charge is -2.38. The minimum absolute atomic E-state index is 0.812. The Bertz CT molecular complexity index is 231. The average Bonchev–Trinajstić information content (AvgIpc) is 2.48. The van der Waals surface area contributed by atoms with E-state index in [9.17, 15) is 20.4 Å². The van der Waals surface area contributed by atoms with Crippen molar-refractivity contribution >= 4 is 0 Å². The molecule has 0 amide bonds. The molecule has 0 unspecified atom stereocenters. The molecule has 6 atom stereocenters. The first-order valence-electron chi connectivity index (χ1n) is 4.91. The van der Waals surface area contributed by atoms with Gasteiger partial charge < -0.3 is 29.9 Å². The topological polar surface area (TPSA) is 99.4 Å². The van der Waals surface area contributed by atoms with Crippen LogP contribution < -0.4 is 0 Å². The van der Waals surface area contributed by atoms with Crippen LogP contribution in [0.1, 0.15) is 13.8 Å². The summed E-state index contributed by atoms with van der Waals surface area (Å²) in [4.78, 5) is 0. The van der Waals surface area contributed by atoms with Crippen LogP contribution in [-0.2, 0) is 9.47 Å². The number of hydrogen-bond acceptors (Lipinski definition) is 6. The lowest BCUT2D eigenvalue weighted by molar-refractivity contribution is -0.192. The fourth-order valence-corrected chi connectivity index (χ4v) is 2.14. The maximum absolute atomic E-state index is 9.64. The van der Waals surface area contributed by atoms with E-state index in [2.05, 4.69) is 0 Å². The summed E-state index contributed by atoms with van der Waals surface area (Å²) in [7, 11) is 0. The van der Waals surface area contributed by atoms with Gasteiger partial charge in [0.05, 0.1) is 0 Å². The van der Waals surface area contributed by atoms with Gasteiger partial charge in [-0.05, 0) is 13.8 Å². The zero-order valence-electron chi connectivity index (χ0n) is 8.57. The highest BCUT2D eigenvalue weighted by Gasteiger charge is 2.56. The third-order valence-electron chi connectivity index (χ3n) is 2.89. The molecule has 1 aliphatic carbocycles. The minimum Gasteiger partial charge on any atom is -0.387 e. The Balaban J connectivity index is 2.23. The summed E-state index contributed by atoms with van der Waals surface area (Å²) < 4.78 is 10.7. The Morgan fingerprint density at radius 3 is 1.40 bits per heavy atom. The van der Waals surface area contributed by atoms with Gasteiger partial charge in [0, 0.05) is 0 Å². The molecule has 88 valence electrons. The molecule has 0 radical (unpaired) electrons. The second kappa shape index (κ2) is 3.38. The molecule has 0 aromatic carbocycles. The predicted octanol–water partition coefficient (Wildman–Crippen LogP) is -2.04. The van der Waals surface area contributed by atoms with Gasteiger partial charge in [-0.1, -0.05) is 0 Å². The number of hydrogen-bond donors (Lipinski definition) is 4. The zero-order chi connectivity index (χ0) is 11.4.